The third-order valence-corrected chi connectivity index (χ3v) is 4.32. The van der Waals surface area contributed by atoms with Crippen molar-refractivity contribution < 1.29 is 18.0 Å². The summed E-state index contributed by atoms with van der Waals surface area (Å²) in [5, 5.41) is 0. The first-order valence-corrected chi connectivity index (χ1v) is 7.17. The van der Waals surface area contributed by atoms with Gasteiger partial charge in [0.15, 0.2) is 0 Å². The van der Waals surface area contributed by atoms with E-state index in [1.54, 1.807) is 4.90 Å². The highest BCUT2D eigenvalue weighted by Crippen LogP contribution is 2.39. The number of fused-ring (bicyclic) bond motifs is 3. The van der Waals surface area contributed by atoms with Crippen LogP contribution in [-0.2, 0) is 17.4 Å². The first-order chi connectivity index (χ1) is 9.91. The van der Waals surface area contributed by atoms with Crippen LogP contribution in [0.2, 0.25) is 0 Å². The molecule has 2 aliphatic heterocycles. The molecule has 1 aromatic carbocycles. The SMILES string of the molecule is CCN1CCCN2c3cc(C(F)(F)F)ccc3CC2C1=O. The lowest BCUT2D eigenvalue weighted by Crippen LogP contribution is -2.44. The van der Waals surface area contributed by atoms with E-state index in [9.17, 15) is 18.0 Å². The van der Waals surface area contributed by atoms with E-state index in [-0.39, 0.29) is 11.9 Å². The number of likely N-dealkylation sites (N-methyl/N-ethyl adjacent to an activating group) is 1. The van der Waals surface area contributed by atoms with Crippen LogP contribution in [0, 0.1) is 0 Å². The first-order valence-electron chi connectivity index (χ1n) is 7.17. The predicted octanol–water partition coefficient (Wildman–Crippen LogP) is 2.69. The quantitative estimate of drug-likeness (QED) is 0.796. The van der Waals surface area contributed by atoms with Crippen molar-refractivity contribution in [2.24, 2.45) is 0 Å². The smallest absolute Gasteiger partial charge is 0.359 e. The van der Waals surface area contributed by atoms with Crippen LogP contribution in [0.3, 0.4) is 0 Å². The Morgan fingerprint density at radius 3 is 2.71 bits per heavy atom. The average Bonchev–Trinajstić information content (AvgIpc) is 2.72. The second-order valence-electron chi connectivity index (χ2n) is 5.53. The zero-order valence-corrected chi connectivity index (χ0v) is 11.8. The maximum Gasteiger partial charge on any atom is 0.416 e. The Balaban J connectivity index is 1.97. The van der Waals surface area contributed by atoms with Crippen LogP contribution >= 0.6 is 0 Å². The molecule has 0 aromatic heterocycles. The van der Waals surface area contributed by atoms with Crippen molar-refractivity contribution in [3.8, 4) is 0 Å². The van der Waals surface area contributed by atoms with Gasteiger partial charge in [0.2, 0.25) is 5.91 Å². The molecule has 3 nitrogen and oxygen atoms in total. The molecule has 6 heteroatoms. The van der Waals surface area contributed by atoms with Gasteiger partial charge in [0.05, 0.1) is 5.56 Å². The Kier molecular flexibility index (Phi) is 3.34. The molecule has 1 fully saturated rings. The second kappa shape index (κ2) is 4.93. The largest absolute Gasteiger partial charge is 0.416 e. The molecular formula is C15H17F3N2O. The van der Waals surface area contributed by atoms with E-state index < -0.39 is 11.7 Å². The molecule has 0 radical (unpaired) electrons. The second-order valence-corrected chi connectivity index (χ2v) is 5.53. The Labute approximate surface area is 121 Å². The Hall–Kier alpha value is -1.72. The molecule has 2 heterocycles. The van der Waals surface area contributed by atoms with Crippen molar-refractivity contribution in [3.05, 3.63) is 29.3 Å². The minimum Gasteiger partial charge on any atom is -0.359 e. The Bertz CT molecular complexity index is 571. The van der Waals surface area contributed by atoms with Gasteiger partial charge in [-0.3, -0.25) is 4.79 Å². The zero-order valence-electron chi connectivity index (χ0n) is 11.8. The average molecular weight is 298 g/mol. The number of benzene rings is 1. The fraction of sp³-hybridized carbons (Fsp3) is 0.533. The predicted molar refractivity (Wildman–Crippen MR) is 73.2 cm³/mol. The van der Waals surface area contributed by atoms with Gasteiger partial charge in [0, 0.05) is 31.7 Å². The Morgan fingerprint density at radius 1 is 1.29 bits per heavy atom. The summed E-state index contributed by atoms with van der Waals surface area (Å²) in [6.45, 7) is 3.88. The van der Waals surface area contributed by atoms with Crippen LogP contribution in [0.25, 0.3) is 0 Å². The van der Waals surface area contributed by atoms with Gasteiger partial charge < -0.3 is 9.80 Å². The topological polar surface area (TPSA) is 23.6 Å². The number of anilines is 1. The van der Waals surface area contributed by atoms with Gasteiger partial charge in [0.1, 0.15) is 6.04 Å². The van der Waals surface area contributed by atoms with Crippen molar-refractivity contribution >= 4 is 11.6 Å². The van der Waals surface area contributed by atoms with Crippen molar-refractivity contribution in [1.82, 2.24) is 4.90 Å². The molecule has 1 saturated heterocycles. The van der Waals surface area contributed by atoms with E-state index in [1.807, 2.05) is 11.8 Å². The molecule has 3 rings (SSSR count). The van der Waals surface area contributed by atoms with Crippen LogP contribution in [0.15, 0.2) is 18.2 Å². The molecular weight excluding hydrogens is 281 g/mol. The number of nitrogens with zero attached hydrogens (tertiary/aromatic N) is 2. The molecule has 2 aliphatic rings. The standard InChI is InChI=1S/C15H17F3N2O/c1-2-19-6-3-7-20-12-9-11(15(16,17)18)5-4-10(12)8-13(20)14(19)21/h4-5,9,13H,2-3,6-8H2,1H3. The van der Waals surface area contributed by atoms with Crippen molar-refractivity contribution in [3.63, 3.8) is 0 Å². The van der Waals surface area contributed by atoms with E-state index in [0.29, 0.717) is 31.7 Å². The molecule has 0 N–H and O–H groups in total. The summed E-state index contributed by atoms with van der Waals surface area (Å²) >= 11 is 0. The summed E-state index contributed by atoms with van der Waals surface area (Å²) in [5.41, 5.74) is 0.756. The minimum absolute atomic E-state index is 0.0276. The maximum absolute atomic E-state index is 12.9. The highest BCUT2D eigenvalue weighted by molar-refractivity contribution is 5.88. The van der Waals surface area contributed by atoms with Crippen molar-refractivity contribution in [1.29, 1.82) is 0 Å². The van der Waals surface area contributed by atoms with Gasteiger partial charge >= 0.3 is 6.18 Å². The molecule has 1 aromatic rings. The van der Waals surface area contributed by atoms with Gasteiger partial charge in [-0.25, -0.2) is 0 Å². The van der Waals surface area contributed by atoms with Crippen molar-refractivity contribution in [2.45, 2.75) is 32.0 Å². The highest BCUT2D eigenvalue weighted by Gasteiger charge is 2.40. The molecule has 0 bridgehead atoms. The first kappa shape index (κ1) is 14.2. The number of carbonyl (C=O) groups is 1. The van der Waals surface area contributed by atoms with E-state index in [0.717, 1.165) is 18.1 Å². The number of alkyl halides is 3. The molecule has 1 amide bonds. The number of rotatable bonds is 1. The molecule has 114 valence electrons. The summed E-state index contributed by atoms with van der Waals surface area (Å²) in [7, 11) is 0. The number of carbonyl (C=O) groups excluding carboxylic acids is 1. The molecule has 1 atom stereocenters. The lowest BCUT2D eigenvalue weighted by molar-refractivity contribution is -0.137. The lowest BCUT2D eigenvalue weighted by Gasteiger charge is -2.26. The highest BCUT2D eigenvalue weighted by atomic mass is 19.4. The summed E-state index contributed by atoms with van der Waals surface area (Å²) in [6, 6.07) is 3.46. The normalized spacial score (nSPS) is 22.1. The van der Waals surface area contributed by atoms with Crippen LogP contribution in [0.5, 0.6) is 0 Å². The third-order valence-electron chi connectivity index (χ3n) is 4.32. The molecule has 0 saturated carbocycles. The van der Waals surface area contributed by atoms with E-state index in [2.05, 4.69) is 0 Å². The van der Waals surface area contributed by atoms with E-state index in [4.69, 9.17) is 0 Å². The molecule has 0 aliphatic carbocycles. The Morgan fingerprint density at radius 2 is 2.05 bits per heavy atom. The van der Waals surface area contributed by atoms with E-state index >= 15 is 0 Å². The maximum atomic E-state index is 12.9. The monoisotopic (exact) mass is 298 g/mol. The molecule has 21 heavy (non-hydrogen) atoms. The zero-order chi connectivity index (χ0) is 15.2. The van der Waals surface area contributed by atoms with Gasteiger partial charge in [0.25, 0.3) is 0 Å². The van der Waals surface area contributed by atoms with Crippen LogP contribution in [-0.4, -0.2) is 36.5 Å². The lowest BCUT2D eigenvalue weighted by atomic mass is 10.1. The van der Waals surface area contributed by atoms with Gasteiger partial charge in [-0.1, -0.05) is 6.07 Å². The summed E-state index contributed by atoms with van der Waals surface area (Å²) < 4.78 is 38.6. The van der Waals surface area contributed by atoms with Crippen LogP contribution in [0.1, 0.15) is 24.5 Å². The van der Waals surface area contributed by atoms with Gasteiger partial charge in [-0.05, 0) is 31.0 Å². The van der Waals surface area contributed by atoms with Gasteiger partial charge in [-0.2, -0.15) is 13.2 Å². The number of hydrogen-bond acceptors (Lipinski definition) is 2. The van der Waals surface area contributed by atoms with Crippen LogP contribution in [0.4, 0.5) is 18.9 Å². The van der Waals surface area contributed by atoms with Crippen LogP contribution < -0.4 is 4.90 Å². The number of hydrogen-bond donors (Lipinski definition) is 0. The number of halogens is 3. The summed E-state index contributed by atoms with van der Waals surface area (Å²) in [5.74, 6) is 0.0276. The fourth-order valence-electron chi connectivity index (χ4n) is 3.23. The number of amides is 1. The van der Waals surface area contributed by atoms with Crippen molar-refractivity contribution in [2.75, 3.05) is 24.5 Å². The third kappa shape index (κ3) is 2.36. The van der Waals surface area contributed by atoms with E-state index in [1.165, 1.54) is 12.1 Å². The summed E-state index contributed by atoms with van der Waals surface area (Å²) in [6.07, 6.45) is -3.06. The van der Waals surface area contributed by atoms with Gasteiger partial charge in [-0.15, -0.1) is 0 Å². The fourth-order valence-corrected chi connectivity index (χ4v) is 3.23. The molecule has 0 spiro atoms. The summed E-state index contributed by atoms with van der Waals surface area (Å²) in [4.78, 5) is 16.1. The molecule has 1 unspecified atom stereocenters. The minimum atomic E-state index is -4.35.